The summed E-state index contributed by atoms with van der Waals surface area (Å²) in [5, 5.41) is 4.18. The van der Waals surface area contributed by atoms with Crippen LogP contribution in [-0.2, 0) is 23.6 Å². The van der Waals surface area contributed by atoms with Crippen molar-refractivity contribution in [3.63, 3.8) is 0 Å². The first-order valence-electron chi connectivity index (χ1n) is 5.84. The number of rotatable bonds is 4. The first-order valence-corrected chi connectivity index (χ1v) is 8.87. The molecule has 0 atom stereocenters. The predicted molar refractivity (Wildman–Crippen MR) is 86.1 cm³/mol. The van der Waals surface area contributed by atoms with Crippen molar-refractivity contribution in [1.82, 2.24) is 14.5 Å². The van der Waals surface area contributed by atoms with Gasteiger partial charge in [-0.05, 0) is 19.1 Å². The van der Waals surface area contributed by atoms with Crippen molar-refractivity contribution in [2.45, 2.75) is 18.4 Å². The molecule has 0 aliphatic rings. The Hall–Kier alpha value is -0.600. The van der Waals surface area contributed by atoms with Gasteiger partial charge in [-0.3, -0.25) is 4.68 Å². The number of hydrogen-bond acceptors (Lipinski definition) is 3. The molecule has 0 spiro atoms. The normalized spacial score (nSPS) is 11.9. The van der Waals surface area contributed by atoms with E-state index in [1.165, 1.54) is 12.1 Å². The molecule has 1 aromatic carbocycles. The van der Waals surface area contributed by atoms with Crippen molar-refractivity contribution in [2.24, 2.45) is 7.05 Å². The summed E-state index contributed by atoms with van der Waals surface area (Å²) in [6, 6.07) is 2.97. The summed E-state index contributed by atoms with van der Waals surface area (Å²) in [5.41, 5.74) is 1.66. The Morgan fingerprint density at radius 2 is 1.90 bits per heavy atom. The second-order valence-corrected chi connectivity index (χ2v) is 7.84. The third-order valence-electron chi connectivity index (χ3n) is 3.02. The van der Waals surface area contributed by atoms with Crippen molar-refractivity contribution < 1.29 is 8.42 Å². The number of hydrogen-bond donors (Lipinski definition) is 1. The summed E-state index contributed by atoms with van der Waals surface area (Å²) in [4.78, 5) is -0.129. The van der Waals surface area contributed by atoms with Crippen molar-refractivity contribution in [2.75, 3.05) is 0 Å². The molecular formula is C12H12BrCl2N3O2S. The van der Waals surface area contributed by atoms with Gasteiger partial charge in [0.05, 0.1) is 16.2 Å². The first-order chi connectivity index (χ1) is 9.72. The molecule has 0 unspecified atom stereocenters. The van der Waals surface area contributed by atoms with Crippen LogP contribution in [0.2, 0.25) is 10.0 Å². The fourth-order valence-corrected chi connectivity index (χ4v) is 4.69. The minimum absolute atomic E-state index is 0.0600. The van der Waals surface area contributed by atoms with Gasteiger partial charge in [-0.1, -0.05) is 39.1 Å². The Kier molecular flexibility index (Phi) is 4.99. The molecule has 1 N–H and O–H groups in total. The smallest absolute Gasteiger partial charge is 0.243 e. The highest BCUT2D eigenvalue weighted by Crippen LogP contribution is 2.32. The highest BCUT2D eigenvalue weighted by Gasteiger charge is 2.22. The Bertz CT molecular complexity index is 767. The molecule has 114 valence electrons. The van der Waals surface area contributed by atoms with Gasteiger partial charge in [0.2, 0.25) is 10.0 Å². The molecule has 2 aromatic rings. The van der Waals surface area contributed by atoms with E-state index in [0.29, 0.717) is 4.47 Å². The number of nitrogens with zero attached hydrogens (tertiary/aromatic N) is 2. The number of sulfonamides is 1. The molecule has 21 heavy (non-hydrogen) atoms. The molecular weight excluding hydrogens is 401 g/mol. The van der Waals surface area contributed by atoms with Crippen LogP contribution in [-0.4, -0.2) is 18.2 Å². The van der Waals surface area contributed by atoms with E-state index in [-0.39, 0.29) is 21.5 Å². The van der Waals surface area contributed by atoms with Crippen LogP contribution in [0.15, 0.2) is 27.7 Å². The van der Waals surface area contributed by atoms with E-state index in [1.807, 2.05) is 6.92 Å². The number of halogens is 3. The maximum absolute atomic E-state index is 12.4. The van der Waals surface area contributed by atoms with E-state index in [9.17, 15) is 8.42 Å². The molecule has 0 amide bonds. The zero-order chi connectivity index (χ0) is 15.8. The van der Waals surface area contributed by atoms with Gasteiger partial charge in [0, 0.05) is 29.3 Å². The molecule has 2 rings (SSSR count). The monoisotopic (exact) mass is 411 g/mol. The van der Waals surface area contributed by atoms with E-state index < -0.39 is 10.0 Å². The van der Waals surface area contributed by atoms with E-state index in [1.54, 1.807) is 17.9 Å². The molecule has 9 heteroatoms. The number of aromatic nitrogens is 2. The standard InChI is InChI=1S/C12H12BrCl2N3O2S/c1-7-8(5-16-18(7)2)6-17-21(19,20)12-10(14)3-9(13)4-11(12)15/h3-5,17H,6H2,1-2H3. The van der Waals surface area contributed by atoms with Gasteiger partial charge in [-0.25, -0.2) is 13.1 Å². The fourth-order valence-electron chi connectivity index (χ4n) is 1.75. The molecule has 0 aliphatic carbocycles. The maximum Gasteiger partial charge on any atom is 0.243 e. The number of nitrogens with one attached hydrogen (secondary N) is 1. The topological polar surface area (TPSA) is 64.0 Å². The van der Waals surface area contributed by atoms with E-state index in [4.69, 9.17) is 23.2 Å². The average molecular weight is 413 g/mol. The van der Waals surface area contributed by atoms with Crippen LogP contribution in [0.4, 0.5) is 0 Å². The third-order valence-corrected chi connectivity index (χ3v) is 5.80. The highest BCUT2D eigenvalue weighted by molar-refractivity contribution is 9.10. The largest absolute Gasteiger partial charge is 0.273 e. The Balaban J connectivity index is 2.29. The lowest BCUT2D eigenvalue weighted by atomic mass is 10.3. The van der Waals surface area contributed by atoms with Gasteiger partial charge < -0.3 is 0 Å². The first kappa shape index (κ1) is 16.8. The molecule has 0 radical (unpaired) electrons. The molecule has 0 bridgehead atoms. The van der Waals surface area contributed by atoms with Crippen molar-refractivity contribution >= 4 is 49.2 Å². The molecule has 0 aliphatic heterocycles. The van der Waals surface area contributed by atoms with Crippen LogP contribution in [0.5, 0.6) is 0 Å². The molecule has 0 saturated heterocycles. The van der Waals surface area contributed by atoms with Gasteiger partial charge in [0.15, 0.2) is 0 Å². The summed E-state index contributed by atoms with van der Waals surface area (Å²) < 4.78 is 29.5. The number of aryl methyl sites for hydroxylation is 1. The summed E-state index contributed by atoms with van der Waals surface area (Å²) >= 11 is 15.2. The van der Waals surface area contributed by atoms with Crippen LogP contribution in [0.25, 0.3) is 0 Å². The van der Waals surface area contributed by atoms with Gasteiger partial charge in [0.25, 0.3) is 0 Å². The zero-order valence-electron chi connectivity index (χ0n) is 11.2. The van der Waals surface area contributed by atoms with E-state index >= 15 is 0 Å². The second kappa shape index (κ2) is 6.26. The van der Waals surface area contributed by atoms with Crippen molar-refractivity contribution in [1.29, 1.82) is 0 Å². The SMILES string of the molecule is Cc1c(CNS(=O)(=O)c2c(Cl)cc(Br)cc2Cl)cnn1C. The molecule has 0 saturated carbocycles. The summed E-state index contributed by atoms with van der Waals surface area (Å²) in [6.07, 6.45) is 1.61. The lowest BCUT2D eigenvalue weighted by molar-refractivity contribution is 0.581. The Morgan fingerprint density at radius 1 is 1.33 bits per heavy atom. The lowest BCUT2D eigenvalue weighted by Gasteiger charge is -2.10. The van der Waals surface area contributed by atoms with Gasteiger partial charge in [-0.15, -0.1) is 0 Å². The van der Waals surface area contributed by atoms with Gasteiger partial charge in [-0.2, -0.15) is 5.10 Å². The van der Waals surface area contributed by atoms with Crippen LogP contribution >= 0.6 is 39.1 Å². The number of benzene rings is 1. The summed E-state index contributed by atoms with van der Waals surface area (Å²) in [6.45, 7) is 1.97. The Morgan fingerprint density at radius 3 is 2.38 bits per heavy atom. The van der Waals surface area contributed by atoms with Crippen LogP contribution < -0.4 is 4.72 Å². The lowest BCUT2D eigenvalue weighted by Crippen LogP contribution is -2.24. The third kappa shape index (κ3) is 3.60. The molecule has 0 fully saturated rings. The summed E-state index contributed by atoms with van der Waals surface area (Å²) in [5.74, 6) is 0. The minimum atomic E-state index is -3.82. The molecule has 1 heterocycles. The fraction of sp³-hybridized carbons (Fsp3) is 0.250. The molecule has 5 nitrogen and oxygen atoms in total. The predicted octanol–water partition coefficient (Wildman–Crippen LogP) is 3.28. The quantitative estimate of drug-likeness (QED) is 0.837. The average Bonchev–Trinajstić information content (AvgIpc) is 2.66. The maximum atomic E-state index is 12.4. The highest BCUT2D eigenvalue weighted by atomic mass is 79.9. The van der Waals surface area contributed by atoms with Gasteiger partial charge in [0.1, 0.15) is 4.90 Å². The van der Waals surface area contributed by atoms with Crippen LogP contribution in [0.3, 0.4) is 0 Å². The van der Waals surface area contributed by atoms with Crippen LogP contribution in [0.1, 0.15) is 11.3 Å². The molecule has 1 aromatic heterocycles. The summed E-state index contributed by atoms with van der Waals surface area (Å²) in [7, 11) is -2.03. The minimum Gasteiger partial charge on any atom is -0.273 e. The van der Waals surface area contributed by atoms with Gasteiger partial charge >= 0.3 is 0 Å². The van der Waals surface area contributed by atoms with Crippen LogP contribution in [0, 0.1) is 6.92 Å². The van der Waals surface area contributed by atoms with E-state index in [2.05, 4.69) is 25.8 Å². The Labute approximate surface area is 141 Å². The van der Waals surface area contributed by atoms with Crippen molar-refractivity contribution in [3.05, 3.63) is 44.1 Å². The van der Waals surface area contributed by atoms with Crippen molar-refractivity contribution in [3.8, 4) is 0 Å². The zero-order valence-corrected chi connectivity index (χ0v) is 15.1. The second-order valence-electron chi connectivity index (χ2n) is 4.40. The van der Waals surface area contributed by atoms with E-state index in [0.717, 1.165) is 11.3 Å².